The molecule has 3 fully saturated rings. The van der Waals surface area contributed by atoms with Crippen LogP contribution < -0.4 is 5.32 Å². The Bertz CT molecular complexity index is 711. The monoisotopic (exact) mass is 309 g/mol. The summed E-state index contributed by atoms with van der Waals surface area (Å²) in [5.41, 5.74) is 3.73. The average molecular weight is 309 g/mol. The second-order valence-corrected chi connectivity index (χ2v) is 7.49. The van der Waals surface area contributed by atoms with Crippen LogP contribution in [0.4, 0.5) is 5.69 Å². The van der Waals surface area contributed by atoms with Gasteiger partial charge in [-0.2, -0.15) is 0 Å². The lowest BCUT2D eigenvalue weighted by Gasteiger charge is -2.51. The molecule has 3 aliphatic rings. The van der Waals surface area contributed by atoms with Crippen LogP contribution in [0.25, 0.3) is 10.9 Å². The Morgan fingerprint density at radius 3 is 2.87 bits per heavy atom. The number of hydrogen-bond donors (Lipinski definition) is 1. The van der Waals surface area contributed by atoms with Gasteiger partial charge >= 0.3 is 0 Å². The van der Waals surface area contributed by atoms with Crippen LogP contribution in [-0.2, 0) is 0 Å². The standard InChI is InChI=1S/C20H27N3/c1-13-12-23-9-7-15(13)10-20(23)14(2)17-6-8-22-19-5-4-16(21-3)11-18(17)19/h4-6,8,11,13-15,20-21H,7,9-10,12H2,1-3H3/t13?,14-,15?,20?/m0/s1. The van der Waals surface area contributed by atoms with Crippen molar-refractivity contribution in [1.82, 2.24) is 9.88 Å². The minimum Gasteiger partial charge on any atom is -0.388 e. The van der Waals surface area contributed by atoms with Crippen molar-refractivity contribution < 1.29 is 0 Å². The maximum Gasteiger partial charge on any atom is 0.0706 e. The molecule has 5 rings (SSSR count). The van der Waals surface area contributed by atoms with Crippen LogP contribution in [-0.4, -0.2) is 36.1 Å². The molecule has 1 aromatic carbocycles. The van der Waals surface area contributed by atoms with Crippen molar-refractivity contribution in [2.75, 3.05) is 25.5 Å². The summed E-state index contributed by atoms with van der Waals surface area (Å²) in [7, 11) is 1.98. The van der Waals surface area contributed by atoms with Crippen LogP contribution in [0.5, 0.6) is 0 Å². The average Bonchev–Trinajstić information content (AvgIpc) is 2.60. The van der Waals surface area contributed by atoms with Crippen molar-refractivity contribution in [3.63, 3.8) is 0 Å². The van der Waals surface area contributed by atoms with E-state index in [1.165, 1.54) is 36.9 Å². The zero-order valence-corrected chi connectivity index (χ0v) is 14.4. The van der Waals surface area contributed by atoms with Gasteiger partial charge in [0.1, 0.15) is 0 Å². The van der Waals surface area contributed by atoms with E-state index in [1.54, 1.807) is 0 Å². The zero-order valence-electron chi connectivity index (χ0n) is 14.4. The van der Waals surface area contributed by atoms with Gasteiger partial charge in [0.15, 0.2) is 0 Å². The highest BCUT2D eigenvalue weighted by molar-refractivity contribution is 5.86. The van der Waals surface area contributed by atoms with E-state index < -0.39 is 0 Å². The SMILES string of the molecule is CNc1ccc2nccc([C@H](C)C3CC4CCN3CC4C)c2c1. The highest BCUT2D eigenvalue weighted by atomic mass is 15.2. The number of piperidine rings is 3. The molecule has 3 saturated heterocycles. The molecule has 0 radical (unpaired) electrons. The predicted octanol–water partition coefficient (Wildman–Crippen LogP) is 4.11. The third kappa shape index (κ3) is 2.51. The molecule has 122 valence electrons. The van der Waals surface area contributed by atoms with Gasteiger partial charge in [-0.15, -0.1) is 0 Å². The van der Waals surface area contributed by atoms with Crippen LogP contribution in [0, 0.1) is 11.8 Å². The van der Waals surface area contributed by atoms with E-state index in [-0.39, 0.29) is 0 Å². The van der Waals surface area contributed by atoms with E-state index in [0.717, 1.165) is 23.0 Å². The van der Waals surface area contributed by atoms with Gasteiger partial charge in [0.25, 0.3) is 0 Å². The van der Waals surface area contributed by atoms with Crippen LogP contribution in [0.15, 0.2) is 30.5 Å². The topological polar surface area (TPSA) is 28.2 Å². The van der Waals surface area contributed by atoms with Gasteiger partial charge in [0.2, 0.25) is 0 Å². The maximum absolute atomic E-state index is 4.56. The Balaban J connectivity index is 1.71. The Morgan fingerprint density at radius 2 is 2.17 bits per heavy atom. The van der Waals surface area contributed by atoms with Gasteiger partial charge in [-0.05, 0) is 67.0 Å². The molecule has 0 aliphatic carbocycles. The lowest BCUT2D eigenvalue weighted by Crippen LogP contribution is -2.54. The number of benzene rings is 1. The highest BCUT2D eigenvalue weighted by Gasteiger charge is 2.40. The molecule has 2 aromatic rings. The van der Waals surface area contributed by atoms with Gasteiger partial charge < -0.3 is 5.32 Å². The Kier molecular flexibility index (Phi) is 3.76. The second kappa shape index (κ2) is 5.79. The van der Waals surface area contributed by atoms with Crippen LogP contribution >= 0.6 is 0 Å². The first-order valence-electron chi connectivity index (χ1n) is 8.98. The third-order valence-corrected chi connectivity index (χ3v) is 6.26. The first-order valence-corrected chi connectivity index (χ1v) is 8.98. The van der Waals surface area contributed by atoms with Crippen molar-refractivity contribution in [2.45, 2.75) is 38.6 Å². The summed E-state index contributed by atoms with van der Waals surface area (Å²) in [6, 6.07) is 9.42. The highest BCUT2D eigenvalue weighted by Crippen LogP contribution is 2.42. The number of hydrogen-bond acceptors (Lipinski definition) is 3. The van der Waals surface area contributed by atoms with E-state index in [0.29, 0.717) is 12.0 Å². The van der Waals surface area contributed by atoms with Crippen LogP contribution in [0.3, 0.4) is 0 Å². The molecule has 0 saturated carbocycles. The third-order valence-electron chi connectivity index (χ3n) is 6.26. The Hall–Kier alpha value is -1.61. The lowest BCUT2D eigenvalue weighted by molar-refractivity contribution is -0.000890. The summed E-state index contributed by atoms with van der Waals surface area (Å²) < 4.78 is 0. The molecule has 23 heavy (non-hydrogen) atoms. The summed E-state index contributed by atoms with van der Waals surface area (Å²) in [4.78, 5) is 7.30. The molecule has 0 amide bonds. The molecular weight excluding hydrogens is 282 g/mol. The number of rotatable bonds is 3. The predicted molar refractivity (Wildman–Crippen MR) is 97.0 cm³/mol. The van der Waals surface area contributed by atoms with Crippen molar-refractivity contribution in [1.29, 1.82) is 0 Å². The fraction of sp³-hybridized carbons (Fsp3) is 0.550. The molecule has 4 unspecified atom stereocenters. The summed E-state index contributed by atoms with van der Waals surface area (Å²) in [6.07, 6.45) is 4.73. The van der Waals surface area contributed by atoms with Gasteiger partial charge in [0, 0.05) is 36.9 Å². The van der Waals surface area contributed by atoms with Crippen LogP contribution in [0.1, 0.15) is 38.2 Å². The van der Waals surface area contributed by atoms with Gasteiger partial charge in [-0.1, -0.05) is 13.8 Å². The normalized spacial score (nSPS) is 31.3. The number of pyridine rings is 1. The summed E-state index contributed by atoms with van der Waals surface area (Å²) in [5.74, 6) is 2.36. The number of fused-ring (bicyclic) bond motifs is 4. The molecule has 2 bridgehead atoms. The molecule has 1 aromatic heterocycles. The molecule has 3 heteroatoms. The Labute approximate surface area is 139 Å². The maximum atomic E-state index is 4.56. The Morgan fingerprint density at radius 1 is 1.30 bits per heavy atom. The van der Waals surface area contributed by atoms with E-state index in [1.807, 2.05) is 13.2 Å². The summed E-state index contributed by atoms with van der Waals surface area (Å²) in [5, 5.41) is 4.57. The number of nitrogens with zero attached hydrogens (tertiary/aromatic N) is 2. The first-order chi connectivity index (χ1) is 11.2. The fourth-order valence-corrected chi connectivity index (χ4v) is 4.78. The summed E-state index contributed by atoms with van der Waals surface area (Å²) in [6.45, 7) is 7.41. The number of nitrogens with one attached hydrogen (secondary N) is 1. The van der Waals surface area contributed by atoms with E-state index >= 15 is 0 Å². The van der Waals surface area contributed by atoms with Crippen molar-refractivity contribution in [3.05, 3.63) is 36.0 Å². The zero-order chi connectivity index (χ0) is 16.0. The molecular formula is C20H27N3. The molecule has 4 heterocycles. The van der Waals surface area contributed by atoms with Crippen molar-refractivity contribution >= 4 is 16.6 Å². The first kappa shape index (κ1) is 14.9. The van der Waals surface area contributed by atoms with Gasteiger partial charge in [0.05, 0.1) is 5.52 Å². The number of anilines is 1. The molecule has 1 N–H and O–H groups in total. The van der Waals surface area contributed by atoms with Crippen molar-refractivity contribution in [2.24, 2.45) is 11.8 Å². The fourth-order valence-electron chi connectivity index (χ4n) is 4.78. The second-order valence-electron chi connectivity index (χ2n) is 7.49. The molecule has 0 spiro atoms. The largest absolute Gasteiger partial charge is 0.388 e. The van der Waals surface area contributed by atoms with E-state index in [2.05, 4.69) is 53.3 Å². The quantitative estimate of drug-likeness (QED) is 0.925. The van der Waals surface area contributed by atoms with E-state index in [4.69, 9.17) is 0 Å². The van der Waals surface area contributed by atoms with Gasteiger partial charge in [-0.3, -0.25) is 9.88 Å². The van der Waals surface area contributed by atoms with Gasteiger partial charge in [-0.25, -0.2) is 0 Å². The van der Waals surface area contributed by atoms with Crippen LogP contribution in [0.2, 0.25) is 0 Å². The smallest absolute Gasteiger partial charge is 0.0706 e. The molecule has 3 aliphatic heterocycles. The minimum atomic E-state index is 0.558. The summed E-state index contributed by atoms with van der Waals surface area (Å²) >= 11 is 0. The molecule has 3 nitrogen and oxygen atoms in total. The van der Waals surface area contributed by atoms with Crippen molar-refractivity contribution in [3.8, 4) is 0 Å². The number of aromatic nitrogens is 1. The lowest BCUT2D eigenvalue weighted by atomic mass is 9.72. The minimum absolute atomic E-state index is 0.558. The van der Waals surface area contributed by atoms with E-state index in [9.17, 15) is 0 Å². The molecule has 5 atom stereocenters.